The summed E-state index contributed by atoms with van der Waals surface area (Å²) in [6.45, 7) is 5.59. The van der Waals surface area contributed by atoms with Crippen molar-refractivity contribution in [3.63, 3.8) is 0 Å². The second kappa shape index (κ2) is 4.12. The standard InChI is InChI=1S/C14H17NO3/c1-8-4-6-9(7-5-8)15-12(16)10-11(13(17)18)14(10,2)3/h4-7,10-11H,1-3H3,(H,15,16)(H,17,18). The van der Waals surface area contributed by atoms with Crippen molar-refractivity contribution in [2.45, 2.75) is 20.8 Å². The van der Waals surface area contributed by atoms with E-state index in [0.717, 1.165) is 5.56 Å². The lowest BCUT2D eigenvalue weighted by Gasteiger charge is -2.06. The van der Waals surface area contributed by atoms with Crippen LogP contribution in [0.2, 0.25) is 0 Å². The van der Waals surface area contributed by atoms with Gasteiger partial charge in [-0.25, -0.2) is 0 Å². The van der Waals surface area contributed by atoms with Gasteiger partial charge in [-0.05, 0) is 24.5 Å². The molecule has 4 heteroatoms. The third-order valence-electron chi connectivity index (χ3n) is 3.69. The number of hydrogen-bond acceptors (Lipinski definition) is 2. The fourth-order valence-corrected chi connectivity index (χ4v) is 2.44. The molecule has 0 spiro atoms. The van der Waals surface area contributed by atoms with Gasteiger partial charge < -0.3 is 10.4 Å². The predicted octanol–water partition coefficient (Wildman–Crippen LogP) is 2.29. The van der Waals surface area contributed by atoms with Crippen LogP contribution < -0.4 is 5.32 Å². The number of carbonyl (C=O) groups excluding carboxylic acids is 1. The van der Waals surface area contributed by atoms with Crippen LogP contribution in [0, 0.1) is 24.2 Å². The lowest BCUT2D eigenvalue weighted by molar-refractivity contribution is -0.140. The number of aryl methyl sites for hydroxylation is 1. The Labute approximate surface area is 106 Å². The second-order valence-corrected chi connectivity index (χ2v) is 5.47. The van der Waals surface area contributed by atoms with E-state index < -0.39 is 23.2 Å². The molecule has 2 rings (SSSR count). The van der Waals surface area contributed by atoms with Crippen LogP contribution in [0.3, 0.4) is 0 Å². The molecule has 0 radical (unpaired) electrons. The molecule has 1 aromatic rings. The molecule has 1 fully saturated rings. The van der Waals surface area contributed by atoms with Gasteiger partial charge >= 0.3 is 5.97 Å². The first-order valence-electron chi connectivity index (χ1n) is 5.94. The van der Waals surface area contributed by atoms with Gasteiger partial charge in [-0.3, -0.25) is 9.59 Å². The predicted molar refractivity (Wildman–Crippen MR) is 68.2 cm³/mol. The monoisotopic (exact) mass is 247 g/mol. The highest BCUT2D eigenvalue weighted by atomic mass is 16.4. The number of anilines is 1. The van der Waals surface area contributed by atoms with Gasteiger partial charge in [0.15, 0.2) is 0 Å². The Bertz CT molecular complexity index is 490. The summed E-state index contributed by atoms with van der Waals surface area (Å²) in [5.74, 6) is -2.14. The SMILES string of the molecule is Cc1ccc(NC(=O)C2C(C(=O)O)C2(C)C)cc1. The molecule has 2 N–H and O–H groups in total. The fraction of sp³-hybridized carbons (Fsp3) is 0.429. The first-order chi connectivity index (χ1) is 8.34. The van der Waals surface area contributed by atoms with Gasteiger partial charge in [-0.1, -0.05) is 31.5 Å². The highest BCUT2D eigenvalue weighted by Gasteiger charge is 2.65. The summed E-state index contributed by atoms with van der Waals surface area (Å²) >= 11 is 0. The summed E-state index contributed by atoms with van der Waals surface area (Å²) in [7, 11) is 0. The van der Waals surface area contributed by atoms with E-state index in [9.17, 15) is 9.59 Å². The molecule has 0 aliphatic heterocycles. The van der Waals surface area contributed by atoms with E-state index in [-0.39, 0.29) is 5.91 Å². The number of rotatable bonds is 3. The van der Waals surface area contributed by atoms with Gasteiger partial charge in [0.2, 0.25) is 5.91 Å². The van der Waals surface area contributed by atoms with E-state index in [0.29, 0.717) is 5.69 Å². The first kappa shape index (κ1) is 12.6. The summed E-state index contributed by atoms with van der Waals surface area (Å²) in [4.78, 5) is 23.0. The van der Waals surface area contributed by atoms with Crippen LogP contribution in [0.1, 0.15) is 19.4 Å². The van der Waals surface area contributed by atoms with Crippen LogP contribution in [-0.4, -0.2) is 17.0 Å². The van der Waals surface area contributed by atoms with E-state index in [1.165, 1.54) is 0 Å². The van der Waals surface area contributed by atoms with Gasteiger partial charge in [0, 0.05) is 5.69 Å². The van der Waals surface area contributed by atoms with Crippen molar-refractivity contribution in [1.29, 1.82) is 0 Å². The number of benzene rings is 1. The Balaban J connectivity index is 2.06. The van der Waals surface area contributed by atoms with E-state index in [1.54, 1.807) is 0 Å². The molecule has 0 bridgehead atoms. The molecule has 0 heterocycles. The Morgan fingerprint density at radius 1 is 1.17 bits per heavy atom. The molecule has 0 saturated heterocycles. The van der Waals surface area contributed by atoms with Crippen molar-refractivity contribution in [1.82, 2.24) is 0 Å². The van der Waals surface area contributed by atoms with Crippen molar-refractivity contribution >= 4 is 17.6 Å². The van der Waals surface area contributed by atoms with E-state index >= 15 is 0 Å². The third kappa shape index (κ3) is 2.10. The van der Waals surface area contributed by atoms with Gasteiger partial charge in [0.25, 0.3) is 0 Å². The average Bonchev–Trinajstić information content (AvgIpc) is 2.85. The zero-order valence-corrected chi connectivity index (χ0v) is 10.7. The quantitative estimate of drug-likeness (QED) is 0.861. The van der Waals surface area contributed by atoms with Gasteiger partial charge in [0.1, 0.15) is 0 Å². The smallest absolute Gasteiger partial charge is 0.307 e. The Morgan fingerprint density at radius 2 is 1.72 bits per heavy atom. The highest BCUT2D eigenvalue weighted by molar-refractivity contribution is 5.99. The number of amides is 1. The number of carboxylic acids is 1. The summed E-state index contributed by atoms with van der Waals surface area (Å²) in [6.07, 6.45) is 0. The zero-order valence-electron chi connectivity index (χ0n) is 10.7. The van der Waals surface area contributed by atoms with Crippen molar-refractivity contribution in [3.05, 3.63) is 29.8 Å². The number of nitrogens with one attached hydrogen (secondary N) is 1. The molecule has 4 nitrogen and oxygen atoms in total. The van der Waals surface area contributed by atoms with Crippen molar-refractivity contribution in [2.24, 2.45) is 17.3 Å². The molecule has 96 valence electrons. The molecule has 2 unspecified atom stereocenters. The molecule has 1 aliphatic rings. The summed E-state index contributed by atoms with van der Waals surface area (Å²) in [5, 5.41) is 11.8. The van der Waals surface area contributed by atoms with E-state index in [2.05, 4.69) is 5.32 Å². The second-order valence-electron chi connectivity index (χ2n) is 5.47. The van der Waals surface area contributed by atoms with Crippen LogP contribution in [0.15, 0.2) is 24.3 Å². The Hall–Kier alpha value is -1.84. The Morgan fingerprint density at radius 3 is 2.17 bits per heavy atom. The number of carboxylic acid groups (broad SMARTS) is 1. The number of aliphatic carboxylic acids is 1. The van der Waals surface area contributed by atoms with Crippen LogP contribution in [0.25, 0.3) is 0 Å². The maximum Gasteiger partial charge on any atom is 0.307 e. The first-order valence-corrected chi connectivity index (χ1v) is 5.94. The number of hydrogen-bond donors (Lipinski definition) is 2. The molecule has 2 atom stereocenters. The summed E-state index contributed by atoms with van der Waals surface area (Å²) < 4.78 is 0. The minimum absolute atomic E-state index is 0.212. The molecule has 18 heavy (non-hydrogen) atoms. The molecular weight excluding hydrogens is 230 g/mol. The van der Waals surface area contributed by atoms with Crippen molar-refractivity contribution in [3.8, 4) is 0 Å². The zero-order chi connectivity index (χ0) is 13.5. The molecule has 1 aliphatic carbocycles. The molecule has 1 amide bonds. The lowest BCUT2D eigenvalue weighted by atomic mass is 10.1. The van der Waals surface area contributed by atoms with Crippen molar-refractivity contribution < 1.29 is 14.7 Å². The lowest BCUT2D eigenvalue weighted by Crippen LogP contribution is -2.17. The van der Waals surface area contributed by atoms with E-state index in [4.69, 9.17) is 5.11 Å². The maximum atomic E-state index is 12.0. The van der Waals surface area contributed by atoms with Gasteiger partial charge in [-0.2, -0.15) is 0 Å². The van der Waals surface area contributed by atoms with Crippen LogP contribution >= 0.6 is 0 Å². The highest BCUT2D eigenvalue weighted by Crippen LogP contribution is 2.58. The van der Waals surface area contributed by atoms with Crippen LogP contribution in [0.4, 0.5) is 5.69 Å². The summed E-state index contributed by atoms with van der Waals surface area (Å²) in [6, 6.07) is 7.45. The van der Waals surface area contributed by atoms with Crippen molar-refractivity contribution in [2.75, 3.05) is 5.32 Å². The van der Waals surface area contributed by atoms with Gasteiger partial charge in [-0.15, -0.1) is 0 Å². The van der Waals surface area contributed by atoms with Crippen LogP contribution in [0.5, 0.6) is 0 Å². The van der Waals surface area contributed by atoms with Gasteiger partial charge in [0.05, 0.1) is 11.8 Å². The fourth-order valence-electron chi connectivity index (χ4n) is 2.44. The largest absolute Gasteiger partial charge is 0.481 e. The third-order valence-corrected chi connectivity index (χ3v) is 3.69. The molecule has 1 saturated carbocycles. The normalized spacial score (nSPS) is 24.4. The molecular formula is C14H17NO3. The summed E-state index contributed by atoms with van der Waals surface area (Å²) in [5.41, 5.74) is 1.36. The molecule has 1 aromatic carbocycles. The maximum absolute atomic E-state index is 12.0. The minimum atomic E-state index is -0.899. The topological polar surface area (TPSA) is 66.4 Å². The number of carbonyl (C=O) groups is 2. The average molecular weight is 247 g/mol. The Kier molecular flexibility index (Phi) is 2.89. The van der Waals surface area contributed by atoms with E-state index in [1.807, 2.05) is 45.0 Å². The minimum Gasteiger partial charge on any atom is -0.481 e. The molecule has 0 aromatic heterocycles. The van der Waals surface area contributed by atoms with Crippen LogP contribution in [-0.2, 0) is 9.59 Å².